The molecule has 0 aromatic heterocycles. The Labute approximate surface area is 103 Å². The summed E-state index contributed by atoms with van der Waals surface area (Å²) in [5.74, 6) is -0.0881. The molecule has 1 rings (SSSR count). The van der Waals surface area contributed by atoms with Crippen LogP contribution < -0.4 is 0 Å². The lowest BCUT2D eigenvalue weighted by molar-refractivity contribution is -0.127. The highest BCUT2D eigenvalue weighted by atomic mass is 16.3. The molecule has 1 aromatic carbocycles. The zero-order valence-electron chi connectivity index (χ0n) is 10.1. The lowest BCUT2D eigenvalue weighted by atomic mass is 10.0. The van der Waals surface area contributed by atoms with E-state index in [1.807, 2.05) is 24.3 Å². The molecule has 0 heterocycles. The zero-order valence-corrected chi connectivity index (χ0v) is 10.1. The minimum absolute atomic E-state index is 0.0881. The van der Waals surface area contributed by atoms with E-state index in [4.69, 9.17) is 0 Å². The van der Waals surface area contributed by atoms with E-state index in [1.54, 1.807) is 12.1 Å². The van der Waals surface area contributed by atoms with E-state index in [2.05, 4.69) is 6.58 Å². The fourth-order valence-corrected chi connectivity index (χ4v) is 1.72. The molecule has 0 radical (unpaired) electrons. The van der Waals surface area contributed by atoms with Crippen LogP contribution in [0, 0.1) is 0 Å². The molecule has 0 spiro atoms. The predicted octanol–water partition coefficient (Wildman–Crippen LogP) is 3.43. The van der Waals surface area contributed by atoms with Crippen LogP contribution in [0.5, 0.6) is 0 Å². The van der Waals surface area contributed by atoms with Crippen molar-refractivity contribution >= 4 is 5.78 Å². The summed E-state index contributed by atoms with van der Waals surface area (Å²) >= 11 is 0. The number of ketones is 1. The van der Waals surface area contributed by atoms with Crippen molar-refractivity contribution in [1.29, 1.82) is 0 Å². The molecular weight excluding hydrogens is 212 g/mol. The first-order valence-electron chi connectivity index (χ1n) is 6.12. The van der Waals surface area contributed by atoms with Crippen LogP contribution in [-0.2, 0) is 4.79 Å². The molecule has 92 valence electrons. The van der Waals surface area contributed by atoms with Crippen LogP contribution in [0.2, 0.25) is 0 Å². The molecule has 2 nitrogen and oxygen atoms in total. The van der Waals surface area contributed by atoms with Crippen molar-refractivity contribution in [1.82, 2.24) is 0 Å². The van der Waals surface area contributed by atoms with Crippen molar-refractivity contribution in [3.05, 3.63) is 48.6 Å². The number of benzene rings is 1. The topological polar surface area (TPSA) is 37.3 Å². The summed E-state index contributed by atoms with van der Waals surface area (Å²) in [4.78, 5) is 11.7. The SMILES string of the molecule is C=CCCCCCC(=O)C(O)c1ccccc1. The van der Waals surface area contributed by atoms with Crippen LogP contribution in [0.3, 0.4) is 0 Å². The molecule has 1 unspecified atom stereocenters. The Morgan fingerprint density at radius 2 is 1.94 bits per heavy atom. The number of hydrogen-bond donors (Lipinski definition) is 1. The summed E-state index contributed by atoms with van der Waals surface area (Å²) in [7, 11) is 0. The van der Waals surface area contributed by atoms with Crippen LogP contribution in [0.25, 0.3) is 0 Å². The van der Waals surface area contributed by atoms with Gasteiger partial charge in [-0.2, -0.15) is 0 Å². The van der Waals surface area contributed by atoms with Gasteiger partial charge in [0.05, 0.1) is 0 Å². The maximum Gasteiger partial charge on any atom is 0.165 e. The smallest absolute Gasteiger partial charge is 0.165 e. The fraction of sp³-hybridized carbons (Fsp3) is 0.400. The molecule has 0 aliphatic carbocycles. The van der Waals surface area contributed by atoms with Crippen molar-refractivity contribution in [2.75, 3.05) is 0 Å². The number of unbranched alkanes of at least 4 members (excludes halogenated alkanes) is 3. The van der Waals surface area contributed by atoms with Gasteiger partial charge in [0.25, 0.3) is 0 Å². The van der Waals surface area contributed by atoms with E-state index in [1.165, 1.54) is 0 Å². The summed E-state index contributed by atoms with van der Waals surface area (Å²) in [5, 5.41) is 9.83. The first kappa shape index (κ1) is 13.7. The minimum Gasteiger partial charge on any atom is -0.381 e. The molecule has 0 aliphatic rings. The van der Waals surface area contributed by atoms with Gasteiger partial charge >= 0.3 is 0 Å². The van der Waals surface area contributed by atoms with E-state index < -0.39 is 6.10 Å². The Morgan fingerprint density at radius 1 is 1.24 bits per heavy atom. The molecule has 0 saturated heterocycles. The number of carbonyl (C=O) groups is 1. The normalized spacial score (nSPS) is 12.1. The Bertz CT molecular complexity index is 343. The number of hydrogen-bond acceptors (Lipinski definition) is 2. The fourth-order valence-electron chi connectivity index (χ4n) is 1.72. The molecule has 1 N–H and O–H groups in total. The first-order valence-corrected chi connectivity index (χ1v) is 6.12. The standard InChI is InChI=1S/C15H20O2/c1-2-3-4-5-9-12-14(16)15(17)13-10-7-6-8-11-13/h2,6-8,10-11,15,17H,1,3-5,9,12H2. The summed E-state index contributed by atoms with van der Waals surface area (Å²) < 4.78 is 0. The third kappa shape index (κ3) is 4.96. The number of allylic oxidation sites excluding steroid dienone is 1. The highest BCUT2D eigenvalue weighted by molar-refractivity contribution is 5.84. The van der Waals surface area contributed by atoms with Crippen molar-refractivity contribution in [3.8, 4) is 0 Å². The predicted molar refractivity (Wildman–Crippen MR) is 69.7 cm³/mol. The van der Waals surface area contributed by atoms with Crippen LogP contribution in [0.15, 0.2) is 43.0 Å². The van der Waals surface area contributed by atoms with Gasteiger partial charge in [-0.15, -0.1) is 6.58 Å². The monoisotopic (exact) mass is 232 g/mol. The molecular formula is C15H20O2. The van der Waals surface area contributed by atoms with Gasteiger partial charge in [-0.3, -0.25) is 4.79 Å². The molecule has 0 saturated carbocycles. The second-order valence-corrected chi connectivity index (χ2v) is 4.17. The van der Waals surface area contributed by atoms with E-state index in [-0.39, 0.29) is 5.78 Å². The highest BCUT2D eigenvalue weighted by Crippen LogP contribution is 2.16. The average Bonchev–Trinajstić information content (AvgIpc) is 2.38. The van der Waals surface area contributed by atoms with E-state index in [0.29, 0.717) is 12.0 Å². The Hall–Kier alpha value is -1.41. The quantitative estimate of drug-likeness (QED) is 0.550. The van der Waals surface area contributed by atoms with E-state index in [9.17, 15) is 9.90 Å². The summed E-state index contributed by atoms with van der Waals surface area (Å²) in [6.07, 6.45) is 5.30. The van der Waals surface area contributed by atoms with Gasteiger partial charge in [-0.1, -0.05) is 42.8 Å². The maximum absolute atomic E-state index is 11.7. The second kappa shape index (κ2) is 7.80. The van der Waals surface area contributed by atoms with Crippen LogP contribution in [0.1, 0.15) is 43.8 Å². The van der Waals surface area contributed by atoms with Gasteiger partial charge in [0.1, 0.15) is 6.10 Å². The number of rotatable bonds is 8. The number of carbonyl (C=O) groups excluding carboxylic acids is 1. The van der Waals surface area contributed by atoms with Crippen LogP contribution in [-0.4, -0.2) is 10.9 Å². The van der Waals surface area contributed by atoms with Gasteiger partial charge in [0.15, 0.2) is 5.78 Å². The molecule has 2 heteroatoms. The molecule has 1 atom stereocenters. The number of aliphatic hydroxyl groups excluding tert-OH is 1. The van der Waals surface area contributed by atoms with Crippen molar-refractivity contribution in [2.45, 2.75) is 38.2 Å². The third-order valence-corrected chi connectivity index (χ3v) is 2.75. The Kier molecular flexibility index (Phi) is 6.26. The van der Waals surface area contributed by atoms with Gasteiger partial charge in [-0.25, -0.2) is 0 Å². The minimum atomic E-state index is -0.962. The number of Topliss-reactive ketones (excluding diaryl/α,β-unsaturated/α-hetero) is 1. The van der Waals surface area contributed by atoms with E-state index in [0.717, 1.165) is 25.7 Å². The lowest BCUT2D eigenvalue weighted by Crippen LogP contribution is -2.11. The van der Waals surface area contributed by atoms with E-state index >= 15 is 0 Å². The van der Waals surface area contributed by atoms with Crippen molar-refractivity contribution < 1.29 is 9.90 Å². The average molecular weight is 232 g/mol. The first-order chi connectivity index (χ1) is 8.25. The largest absolute Gasteiger partial charge is 0.381 e. The lowest BCUT2D eigenvalue weighted by Gasteiger charge is -2.09. The van der Waals surface area contributed by atoms with Gasteiger partial charge < -0.3 is 5.11 Å². The molecule has 0 aliphatic heterocycles. The maximum atomic E-state index is 11.7. The molecule has 0 bridgehead atoms. The molecule has 0 fully saturated rings. The van der Waals surface area contributed by atoms with Gasteiger partial charge in [0.2, 0.25) is 0 Å². The summed E-state index contributed by atoms with van der Waals surface area (Å²) in [5.41, 5.74) is 0.684. The Balaban J connectivity index is 2.30. The van der Waals surface area contributed by atoms with Crippen molar-refractivity contribution in [2.24, 2.45) is 0 Å². The second-order valence-electron chi connectivity index (χ2n) is 4.17. The van der Waals surface area contributed by atoms with Crippen LogP contribution >= 0.6 is 0 Å². The zero-order chi connectivity index (χ0) is 12.5. The molecule has 0 amide bonds. The number of aliphatic hydroxyl groups is 1. The summed E-state index contributed by atoms with van der Waals surface area (Å²) in [6.45, 7) is 3.65. The van der Waals surface area contributed by atoms with Crippen LogP contribution in [0.4, 0.5) is 0 Å². The molecule has 1 aromatic rings. The summed E-state index contributed by atoms with van der Waals surface area (Å²) in [6, 6.07) is 9.09. The highest BCUT2D eigenvalue weighted by Gasteiger charge is 2.15. The van der Waals surface area contributed by atoms with Gasteiger partial charge in [-0.05, 0) is 24.8 Å². The Morgan fingerprint density at radius 3 is 2.59 bits per heavy atom. The van der Waals surface area contributed by atoms with Crippen molar-refractivity contribution in [3.63, 3.8) is 0 Å². The third-order valence-electron chi connectivity index (χ3n) is 2.75. The van der Waals surface area contributed by atoms with Gasteiger partial charge in [0, 0.05) is 6.42 Å². The molecule has 17 heavy (non-hydrogen) atoms.